The number of halogens is 1. The number of nitrogens with two attached hydrogens (primary N) is 1. The molecule has 2 nitrogen and oxygen atoms in total. The van der Waals surface area contributed by atoms with Crippen molar-refractivity contribution in [2.24, 2.45) is 5.73 Å². The van der Waals surface area contributed by atoms with E-state index in [9.17, 15) is 0 Å². The van der Waals surface area contributed by atoms with Crippen LogP contribution in [0.5, 0.6) is 5.75 Å². The summed E-state index contributed by atoms with van der Waals surface area (Å²) in [5.74, 6) is 0.662. The Kier molecular flexibility index (Phi) is 4.09. The van der Waals surface area contributed by atoms with Crippen LogP contribution in [0.4, 0.5) is 0 Å². The van der Waals surface area contributed by atoms with E-state index in [-0.39, 0.29) is 6.04 Å². The molecule has 0 aromatic heterocycles. The molecule has 0 bridgehead atoms. The maximum Gasteiger partial charge on any atom is 0.137 e. The van der Waals surface area contributed by atoms with Crippen molar-refractivity contribution in [3.63, 3.8) is 0 Å². The molecular weight excluding hydrogens is 282 g/mol. The van der Waals surface area contributed by atoms with Crippen molar-refractivity contribution in [1.82, 2.24) is 0 Å². The fourth-order valence-corrected chi connectivity index (χ4v) is 2.60. The number of benzene rings is 3. The molecule has 21 heavy (non-hydrogen) atoms. The van der Waals surface area contributed by atoms with E-state index in [4.69, 9.17) is 22.1 Å². The molecule has 2 N–H and O–H groups in total. The fraction of sp³-hybridized carbons (Fsp3) is 0.111. The fourth-order valence-electron chi connectivity index (χ4n) is 2.40. The zero-order valence-electron chi connectivity index (χ0n) is 11.5. The van der Waals surface area contributed by atoms with E-state index < -0.39 is 0 Å². The molecule has 1 unspecified atom stereocenters. The normalized spacial score (nSPS) is 12.3. The summed E-state index contributed by atoms with van der Waals surface area (Å²) in [6, 6.07) is 21.6. The van der Waals surface area contributed by atoms with E-state index in [2.05, 4.69) is 18.2 Å². The molecule has 3 rings (SSSR count). The average molecular weight is 298 g/mol. The summed E-state index contributed by atoms with van der Waals surface area (Å²) in [5, 5.41) is 2.95. The lowest BCUT2D eigenvalue weighted by atomic mass is 10.00. The van der Waals surface area contributed by atoms with Crippen LogP contribution in [-0.4, -0.2) is 6.61 Å². The van der Waals surface area contributed by atoms with Crippen LogP contribution in [0.15, 0.2) is 66.7 Å². The van der Waals surface area contributed by atoms with Crippen LogP contribution in [0.25, 0.3) is 10.8 Å². The van der Waals surface area contributed by atoms with Crippen LogP contribution in [0.1, 0.15) is 11.6 Å². The molecule has 0 aliphatic rings. The van der Waals surface area contributed by atoms with Gasteiger partial charge in [0.2, 0.25) is 0 Å². The minimum atomic E-state index is -0.202. The second-order valence-corrected chi connectivity index (χ2v) is 5.32. The zero-order valence-corrected chi connectivity index (χ0v) is 12.3. The lowest BCUT2D eigenvalue weighted by Gasteiger charge is -2.16. The number of fused-ring (bicyclic) bond motifs is 1. The minimum absolute atomic E-state index is 0.202. The number of para-hydroxylation sites is 1. The van der Waals surface area contributed by atoms with E-state index in [0.717, 1.165) is 10.9 Å². The SMILES string of the molecule is NC(COc1ccccc1Cl)c1cccc2ccccc12. The van der Waals surface area contributed by atoms with Crippen LogP contribution in [-0.2, 0) is 0 Å². The molecule has 0 aliphatic carbocycles. The summed E-state index contributed by atoms with van der Waals surface area (Å²) in [4.78, 5) is 0. The van der Waals surface area contributed by atoms with Gasteiger partial charge in [0.25, 0.3) is 0 Å². The third-order valence-electron chi connectivity index (χ3n) is 3.48. The number of ether oxygens (including phenoxy) is 1. The van der Waals surface area contributed by atoms with Crippen molar-refractivity contribution in [2.75, 3.05) is 6.61 Å². The van der Waals surface area contributed by atoms with Crippen molar-refractivity contribution in [3.05, 3.63) is 77.3 Å². The molecule has 0 spiro atoms. The van der Waals surface area contributed by atoms with Gasteiger partial charge in [0.1, 0.15) is 12.4 Å². The van der Waals surface area contributed by atoms with E-state index in [1.165, 1.54) is 5.39 Å². The van der Waals surface area contributed by atoms with Gasteiger partial charge in [-0.05, 0) is 28.5 Å². The standard InChI is InChI=1S/C18H16ClNO/c19-16-10-3-4-11-18(16)21-12-17(20)15-9-5-7-13-6-1-2-8-14(13)15/h1-11,17H,12,20H2. The molecule has 3 aromatic rings. The molecule has 0 radical (unpaired) electrons. The highest BCUT2D eigenvalue weighted by atomic mass is 35.5. The Morgan fingerprint density at radius 3 is 2.48 bits per heavy atom. The quantitative estimate of drug-likeness (QED) is 0.765. The Balaban J connectivity index is 1.81. The van der Waals surface area contributed by atoms with Gasteiger partial charge in [0.05, 0.1) is 11.1 Å². The van der Waals surface area contributed by atoms with Gasteiger partial charge < -0.3 is 10.5 Å². The highest BCUT2D eigenvalue weighted by Gasteiger charge is 2.11. The number of hydrogen-bond donors (Lipinski definition) is 1. The van der Waals surface area contributed by atoms with Crippen LogP contribution in [0, 0.1) is 0 Å². The van der Waals surface area contributed by atoms with E-state index in [0.29, 0.717) is 17.4 Å². The second kappa shape index (κ2) is 6.17. The summed E-state index contributed by atoms with van der Waals surface area (Å²) >= 11 is 6.08. The summed E-state index contributed by atoms with van der Waals surface area (Å²) in [6.45, 7) is 0.387. The van der Waals surface area contributed by atoms with E-state index >= 15 is 0 Å². The highest BCUT2D eigenvalue weighted by molar-refractivity contribution is 6.32. The maximum atomic E-state index is 6.29. The van der Waals surface area contributed by atoms with Gasteiger partial charge >= 0.3 is 0 Å². The van der Waals surface area contributed by atoms with Crippen molar-refractivity contribution < 1.29 is 4.74 Å². The van der Waals surface area contributed by atoms with Gasteiger partial charge in [-0.1, -0.05) is 66.2 Å². The monoisotopic (exact) mass is 297 g/mol. The van der Waals surface area contributed by atoms with Crippen LogP contribution < -0.4 is 10.5 Å². The number of hydrogen-bond acceptors (Lipinski definition) is 2. The first-order valence-corrected chi connectivity index (χ1v) is 7.24. The summed E-state index contributed by atoms with van der Waals surface area (Å²) in [7, 11) is 0. The Bertz CT molecular complexity index is 752. The van der Waals surface area contributed by atoms with Gasteiger partial charge in [0, 0.05) is 0 Å². The van der Waals surface area contributed by atoms with Crippen molar-refractivity contribution in [2.45, 2.75) is 6.04 Å². The molecule has 0 amide bonds. The smallest absolute Gasteiger partial charge is 0.137 e. The molecule has 0 fully saturated rings. The lowest BCUT2D eigenvalue weighted by molar-refractivity contribution is 0.291. The molecule has 3 aromatic carbocycles. The van der Waals surface area contributed by atoms with E-state index in [1.54, 1.807) is 6.07 Å². The predicted molar refractivity (Wildman–Crippen MR) is 87.8 cm³/mol. The van der Waals surface area contributed by atoms with Crippen molar-refractivity contribution >= 4 is 22.4 Å². The molecule has 0 aliphatic heterocycles. The van der Waals surface area contributed by atoms with Crippen LogP contribution >= 0.6 is 11.6 Å². The number of rotatable bonds is 4. The molecule has 0 saturated carbocycles. The average Bonchev–Trinajstić information content (AvgIpc) is 2.53. The first-order valence-electron chi connectivity index (χ1n) is 6.86. The minimum Gasteiger partial charge on any atom is -0.490 e. The third-order valence-corrected chi connectivity index (χ3v) is 3.79. The first-order chi connectivity index (χ1) is 10.3. The largest absolute Gasteiger partial charge is 0.490 e. The predicted octanol–water partition coefficient (Wildman–Crippen LogP) is 4.57. The molecule has 0 heterocycles. The highest BCUT2D eigenvalue weighted by Crippen LogP contribution is 2.26. The molecular formula is C18H16ClNO. The summed E-state index contributed by atoms with van der Waals surface area (Å²) < 4.78 is 5.74. The first kappa shape index (κ1) is 13.9. The Morgan fingerprint density at radius 2 is 1.62 bits per heavy atom. The Labute approximate surface area is 129 Å². The molecule has 106 valence electrons. The van der Waals surface area contributed by atoms with Gasteiger partial charge in [-0.3, -0.25) is 0 Å². The van der Waals surface area contributed by atoms with Crippen LogP contribution in [0.2, 0.25) is 5.02 Å². The zero-order chi connectivity index (χ0) is 14.7. The maximum absolute atomic E-state index is 6.29. The van der Waals surface area contributed by atoms with Crippen molar-refractivity contribution in [3.8, 4) is 5.75 Å². The third kappa shape index (κ3) is 3.02. The van der Waals surface area contributed by atoms with Gasteiger partial charge in [0.15, 0.2) is 0 Å². The Hall–Kier alpha value is -2.03. The van der Waals surface area contributed by atoms with E-state index in [1.807, 2.05) is 42.5 Å². The topological polar surface area (TPSA) is 35.2 Å². The summed E-state index contributed by atoms with van der Waals surface area (Å²) in [5.41, 5.74) is 7.37. The second-order valence-electron chi connectivity index (χ2n) is 4.92. The molecule has 1 atom stereocenters. The van der Waals surface area contributed by atoms with Crippen LogP contribution in [0.3, 0.4) is 0 Å². The van der Waals surface area contributed by atoms with Gasteiger partial charge in [-0.2, -0.15) is 0 Å². The summed E-state index contributed by atoms with van der Waals surface area (Å²) in [6.07, 6.45) is 0. The van der Waals surface area contributed by atoms with Gasteiger partial charge in [-0.15, -0.1) is 0 Å². The molecule has 0 saturated heterocycles. The van der Waals surface area contributed by atoms with Crippen molar-refractivity contribution in [1.29, 1.82) is 0 Å². The van der Waals surface area contributed by atoms with Gasteiger partial charge in [-0.25, -0.2) is 0 Å². The lowest BCUT2D eigenvalue weighted by Crippen LogP contribution is -2.19. The molecule has 3 heteroatoms. The Morgan fingerprint density at radius 1 is 0.905 bits per heavy atom.